The highest BCUT2D eigenvalue weighted by Crippen LogP contribution is 2.31. The average molecular weight is 363 g/mol. The van der Waals surface area contributed by atoms with Crippen LogP contribution in [0.5, 0.6) is 11.5 Å². The maximum atomic E-state index is 9.79. The lowest BCUT2D eigenvalue weighted by Gasteiger charge is -2.20. The van der Waals surface area contributed by atoms with Crippen LogP contribution in [0, 0.1) is 6.92 Å². The van der Waals surface area contributed by atoms with Crippen molar-refractivity contribution in [3.8, 4) is 22.8 Å². The molecule has 1 aromatic heterocycles. The molecule has 5 nitrogen and oxygen atoms in total. The number of phenolic OH excluding ortho intramolecular Hbond substituents is 1. The summed E-state index contributed by atoms with van der Waals surface area (Å²) in [6.07, 6.45) is 5.51. The van der Waals surface area contributed by atoms with E-state index in [-0.39, 0.29) is 11.8 Å². The number of nitrogens with one attached hydrogen (secondary N) is 1. The molecule has 0 aliphatic rings. The summed E-state index contributed by atoms with van der Waals surface area (Å²) in [6, 6.07) is 13.9. The number of aryl methyl sites for hydroxylation is 1. The van der Waals surface area contributed by atoms with Gasteiger partial charge < -0.3 is 15.2 Å². The third kappa shape index (κ3) is 4.56. The van der Waals surface area contributed by atoms with Gasteiger partial charge in [-0.05, 0) is 37.1 Å². The number of anilines is 1. The third-order valence-corrected chi connectivity index (χ3v) is 4.45. The maximum absolute atomic E-state index is 9.79. The predicted molar refractivity (Wildman–Crippen MR) is 108 cm³/mol. The Bertz CT molecular complexity index is 912. The molecule has 0 aliphatic heterocycles. The molecule has 0 amide bonds. The van der Waals surface area contributed by atoms with Gasteiger partial charge in [0.1, 0.15) is 5.82 Å². The molecule has 140 valence electrons. The smallest absolute Gasteiger partial charge is 0.161 e. The van der Waals surface area contributed by atoms with Gasteiger partial charge in [0.15, 0.2) is 11.5 Å². The molecule has 3 rings (SSSR count). The number of ether oxygens (including phenoxy) is 1. The minimum atomic E-state index is 0.103. The molecule has 2 N–H and O–H groups in total. The van der Waals surface area contributed by atoms with E-state index in [1.807, 2.05) is 0 Å². The number of aromatic nitrogens is 2. The van der Waals surface area contributed by atoms with Crippen molar-refractivity contribution in [3.63, 3.8) is 0 Å². The van der Waals surface area contributed by atoms with Crippen LogP contribution < -0.4 is 10.1 Å². The molecule has 2 aromatic carbocycles. The standard InChI is InChI=1S/C22H25N3O2/c1-4-6-18(16-8-5-7-15(2)11-16)24-22-14-23-13-19(25-22)17-9-10-20(26)21(12-17)27-3/h5,7-14,18,26H,4,6H2,1-3H3,(H,24,25)/t18-/m0/s1. The molecule has 0 bridgehead atoms. The lowest BCUT2D eigenvalue weighted by atomic mass is 10.0. The Balaban J connectivity index is 1.88. The minimum absolute atomic E-state index is 0.103. The van der Waals surface area contributed by atoms with Crippen LogP contribution in [-0.4, -0.2) is 22.2 Å². The number of hydrogen-bond acceptors (Lipinski definition) is 5. The first kappa shape index (κ1) is 18.7. The van der Waals surface area contributed by atoms with Crippen LogP contribution in [0.15, 0.2) is 54.9 Å². The molecular formula is C22H25N3O2. The van der Waals surface area contributed by atoms with E-state index in [0.29, 0.717) is 5.75 Å². The van der Waals surface area contributed by atoms with Crippen LogP contribution in [0.25, 0.3) is 11.3 Å². The third-order valence-electron chi connectivity index (χ3n) is 4.45. The summed E-state index contributed by atoms with van der Waals surface area (Å²) in [5.74, 6) is 1.24. The molecular weight excluding hydrogens is 338 g/mol. The molecule has 1 heterocycles. The SMILES string of the molecule is CCC[C@H](Nc1cncc(-c2ccc(O)c(OC)c2)n1)c1cccc(C)c1. The van der Waals surface area contributed by atoms with Crippen LogP contribution in [0.4, 0.5) is 5.82 Å². The zero-order valence-electron chi connectivity index (χ0n) is 15.9. The molecule has 1 atom stereocenters. The monoisotopic (exact) mass is 363 g/mol. The first-order chi connectivity index (χ1) is 13.1. The highest BCUT2D eigenvalue weighted by atomic mass is 16.5. The fraction of sp³-hybridized carbons (Fsp3) is 0.273. The number of rotatable bonds is 7. The lowest BCUT2D eigenvalue weighted by molar-refractivity contribution is 0.373. The van der Waals surface area contributed by atoms with Crippen molar-refractivity contribution in [2.75, 3.05) is 12.4 Å². The molecule has 0 aliphatic carbocycles. The van der Waals surface area contributed by atoms with Gasteiger partial charge in [0.2, 0.25) is 0 Å². The normalized spacial score (nSPS) is 11.8. The van der Waals surface area contributed by atoms with Gasteiger partial charge in [-0.2, -0.15) is 0 Å². The minimum Gasteiger partial charge on any atom is -0.504 e. The van der Waals surface area contributed by atoms with Crippen molar-refractivity contribution in [2.24, 2.45) is 0 Å². The zero-order chi connectivity index (χ0) is 19.2. The number of hydrogen-bond donors (Lipinski definition) is 2. The summed E-state index contributed by atoms with van der Waals surface area (Å²) in [7, 11) is 1.53. The maximum Gasteiger partial charge on any atom is 0.161 e. The summed E-state index contributed by atoms with van der Waals surface area (Å²) < 4.78 is 5.19. The van der Waals surface area contributed by atoms with Crippen LogP contribution in [0.2, 0.25) is 0 Å². The topological polar surface area (TPSA) is 67.3 Å². The number of benzene rings is 2. The van der Waals surface area contributed by atoms with Crippen molar-refractivity contribution >= 4 is 5.82 Å². The summed E-state index contributed by atoms with van der Waals surface area (Å²) in [5, 5.41) is 13.3. The molecule has 0 spiro atoms. The molecule has 0 fully saturated rings. The predicted octanol–water partition coefficient (Wildman–Crippen LogP) is 5.12. The van der Waals surface area contributed by atoms with E-state index < -0.39 is 0 Å². The number of aromatic hydroxyl groups is 1. The van der Waals surface area contributed by atoms with E-state index >= 15 is 0 Å². The Kier molecular flexibility index (Phi) is 5.91. The van der Waals surface area contributed by atoms with E-state index in [1.165, 1.54) is 18.2 Å². The Morgan fingerprint density at radius 2 is 2.00 bits per heavy atom. The second-order valence-electron chi connectivity index (χ2n) is 6.58. The molecule has 27 heavy (non-hydrogen) atoms. The Morgan fingerprint density at radius 1 is 1.15 bits per heavy atom. The van der Waals surface area contributed by atoms with Crippen molar-refractivity contribution < 1.29 is 9.84 Å². The van der Waals surface area contributed by atoms with E-state index in [4.69, 9.17) is 9.72 Å². The molecule has 0 unspecified atom stereocenters. The summed E-state index contributed by atoms with van der Waals surface area (Å²) in [5.41, 5.74) is 4.04. The molecule has 3 aromatic rings. The van der Waals surface area contributed by atoms with Gasteiger partial charge in [-0.3, -0.25) is 4.98 Å². The van der Waals surface area contributed by atoms with Gasteiger partial charge in [-0.1, -0.05) is 43.2 Å². The van der Waals surface area contributed by atoms with Crippen molar-refractivity contribution in [2.45, 2.75) is 32.7 Å². The second kappa shape index (κ2) is 8.54. The fourth-order valence-electron chi connectivity index (χ4n) is 3.09. The fourth-order valence-corrected chi connectivity index (χ4v) is 3.09. The van der Waals surface area contributed by atoms with Gasteiger partial charge in [0.25, 0.3) is 0 Å². The summed E-state index contributed by atoms with van der Waals surface area (Å²) in [6.45, 7) is 4.28. The lowest BCUT2D eigenvalue weighted by Crippen LogP contribution is -2.12. The van der Waals surface area contributed by atoms with E-state index in [9.17, 15) is 5.11 Å². The van der Waals surface area contributed by atoms with Crippen LogP contribution in [0.3, 0.4) is 0 Å². The first-order valence-corrected chi connectivity index (χ1v) is 9.13. The molecule has 5 heteroatoms. The Hall–Kier alpha value is -3.08. The summed E-state index contributed by atoms with van der Waals surface area (Å²) >= 11 is 0. The molecule has 0 saturated heterocycles. The number of nitrogens with zero attached hydrogens (tertiary/aromatic N) is 2. The quantitative estimate of drug-likeness (QED) is 0.610. The van der Waals surface area contributed by atoms with E-state index in [2.05, 4.69) is 48.4 Å². The Morgan fingerprint density at radius 3 is 2.74 bits per heavy atom. The Labute approximate surface area is 160 Å². The van der Waals surface area contributed by atoms with Crippen molar-refractivity contribution in [3.05, 3.63) is 66.0 Å². The first-order valence-electron chi connectivity index (χ1n) is 9.13. The van der Waals surface area contributed by atoms with Crippen LogP contribution >= 0.6 is 0 Å². The highest BCUT2D eigenvalue weighted by Gasteiger charge is 2.13. The largest absolute Gasteiger partial charge is 0.504 e. The van der Waals surface area contributed by atoms with E-state index in [1.54, 1.807) is 30.6 Å². The summed E-state index contributed by atoms with van der Waals surface area (Å²) in [4.78, 5) is 9.04. The van der Waals surface area contributed by atoms with Gasteiger partial charge in [0.05, 0.1) is 31.2 Å². The van der Waals surface area contributed by atoms with Gasteiger partial charge >= 0.3 is 0 Å². The second-order valence-corrected chi connectivity index (χ2v) is 6.58. The number of phenols is 1. The average Bonchev–Trinajstić information content (AvgIpc) is 2.68. The van der Waals surface area contributed by atoms with Gasteiger partial charge in [-0.25, -0.2) is 4.98 Å². The molecule has 0 saturated carbocycles. The van der Waals surface area contributed by atoms with Crippen molar-refractivity contribution in [1.29, 1.82) is 0 Å². The van der Waals surface area contributed by atoms with Crippen LogP contribution in [-0.2, 0) is 0 Å². The van der Waals surface area contributed by atoms with Crippen LogP contribution in [0.1, 0.15) is 36.9 Å². The highest BCUT2D eigenvalue weighted by molar-refractivity contribution is 5.64. The van der Waals surface area contributed by atoms with Crippen molar-refractivity contribution in [1.82, 2.24) is 9.97 Å². The number of methoxy groups -OCH3 is 1. The van der Waals surface area contributed by atoms with Gasteiger partial charge in [-0.15, -0.1) is 0 Å². The van der Waals surface area contributed by atoms with E-state index in [0.717, 1.165) is 29.9 Å². The van der Waals surface area contributed by atoms with Gasteiger partial charge in [0, 0.05) is 5.56 Å². The zero-order valence-corrected chi connectivity index (χ0v) is 15.9. The molecule has 0 radical (unpaired) electrons.